The Morgan fingerprint density at radius 3 is 2.15 bits per heavy atom. The van der Waals surface area contributed by atoms with E-state index in [4.69, 9.17) is 0 Å². The first kappa shape index (κ1) is 32.5. The molecule has 7 heteroatoms. The number of likely N-dealkylation sites (tertiary alicyclic amines) is 1. The van der Waals surface area contributed by atoms with Gasteiger partial charge in [0.25, 0.3) is 5.91 Å². The molecular weight excluding hydrogens is 500 g/mol. The van der Waals surface area contributed by atoms with Gasteiger partial charge in [-0.25, -0.2) is 0 Å². The van der Waals surface area contributed by atoms with Crippen molar-refractivity contribution in [3.63, 3.8) is 0 Å². The number of allylic oxidation sites excluding steroid dienone is 10. The van der Waals surface area contributed by atoms with Crippen molar-refractivity contribution in [3.05, 3.63) is 90.9 Å². The van der Waals surface area contributed by atoms with E-state index >= 15 is 0 Å². The zero-order chi connectivity index (χ0) is 28.7. The lowest BCUT2D eigenvalue weighted by Gasteiger charge is -2.24. The summed E-state index contributed by atoms with van der Waals surface area (Å²) < 4.78 is 0. The summed E-state index contributed by atoms with van der Waals surface area (Å²) in [5, 5.41) is 5.61. The lowest BCUT2D eigenvalue weighted by Crippen LogP contribution is -2.47. The molecule has 0 bridgehead atoms. The summed E-state index contributed by atoms with van der Waals surface area (Å²) in [6.45, 7) is 3.39. The van der Waals surface area contributed by atoms with E-state index in [1.807, 2.05) is 0 Å². The first-order valence-electron chi connectivity index (χ1n) is 14.6. The Balaban J connectivity index is 1.53. The van der Waals surface area contributed by atoms with Gasteiger partial charge in [-0.3, -0.25) is 19.4 Å². The molecule has 2 heterocycles. The van der Waals surface area contributed by atoms with Crippen LogP contribution in [0.1, 0.15) is 81.5 Å². The molecule has 1 atom stereocenters. The van der Waals surface area contributed by atoms with Crippen LogP contribution in [-0.4, -0.2) is 53.3 Å². The molecule has 1 aliphatic heterocycles. The van der Waals surface area contributed by atoms with E-state index < -0.39 is 6.04 Å². The minimum absolute atomic E-state index is 0.0369. The Kier molecular flexibility index (Phi) is 17.2. The van der Waals surface area contributed by atoms with E-state index in [-0.39, 0.29) is 17.7 Å². The number of carbonyl (C=O) groups is 3. The van der Waals surface area contributed by atoms with Crippen molar-refractivity contribution in [2.24, 2.45) is 0 Å². The van der Waals surface area contributed by atoms with Crippen molar-refractivity contribution < 1.29 is 14.4 Å². The lowest BCUT2D eigenvalue weighted by atomic mass is 10.1. The molecule has 1 unspecified atom stereocenters. The van der Waals surface area contributed by atoms with Crippen LogP contribution >= 0.6 is 0 Å². The van der Waals surface area contributed by atoms with Crippen LogP contribution in [0.4, 0.5) is 0 Å². The lowest BCUT2D eigenvalue weighted by molar-refractivity contribution is -0.138. The van der Waals surface area contributed by atoms with Crippen LogP contribution in [0.3, 0.4) is 0 Å². The van der Waals surface area contributed by atoms with Crippen molar-refractivity contribution in [1.82, 2.24) is 20.5 Å². The zero-order valence-electron chi connectivity index (χ0n) is 24.0. The highest BCUT2D eigenvalue weighted by Gasteiger charge is 2.33. The minimum atomic E-state index is -0.421. The van der Waals surface area contributed by atoms with Gasteiger partial charge < -0.3 is 15.5 Å². The highest BCUT2D eigenvalue weighted by Crippen LogP contribution is 2.19. The largest absolute Gasteiger partial charge is 0.353 e. The van der Waals surface area contributed by atoms with Crippen molar-refractivity contribution in [2.75, 3.05) is 19.6 Å². The smallest absolute Gasteiger partial charge is 0.252 e. The fourth-order valence-corrected chi connectivity index (χ4v) is 4.30. The second kappa shape index (κ2) is 21.1. The molecule has 216 valence electrons. The Bertz CT molecular complexity index is 1030. The summed E-state index contributed by atoms with van der Waals surface area (Å²) in [7, 11) is 0. The van der Waals surface area contributed by atoms with Gasteiger partial charge in [0.05, 0.1) is 5.56 Å². The molecule has 0 aliphatic carbocycles. The van der Waals surface area contributed by atoms with Gasteiger partial charge in [-0.15, -0.1) is 0 Å². The first-order valence-corrected chi connectivity index (χ1v) is 14.6. The number of amides is 3. The highest BCUT2D eigenvalue weighted by molar-refractivity contribution is 5.93. The van der Waals surface area contributed by atoms with E-state index in [9.17, 15) is 14.4 Å². The molecule has 1 aromatic heterocycles. The van der Waals surface area contributed by atoms with Gasteiger partial charge in [0.1, 0.15) is 6.04 Å². The second-order valence-electron chi connectivity index (χ2n) is 9.63. The summed E-state index contributed by atoms with van der Waals surface area (Å²) in [6.07, 6.45) is 33.3. The Morgan fingerprint density at radius 1 is 0.900 bits per heavy atom. The summed E-state index contributed by atoms with van der Waals surface area (Å²) in [6, 6.07) is 2.96. The van der Waals surface area contributed by atoms with Gasteiger partial charge in [0.15, 0.2) is 0 Å². The van der Waals surface area contributed by atoms with Gasteiger partial charge in [-0.2, -0.15) is 0 Å². The Morgan fingerprint density at radius 2 is 1.52 bits per heavy atom. The number of nitrogens with one attached hydrogen (secondary N) is 2. The van der Waals surface area contributed by atoms with Crippen LogP contribution in [0, 0.1) is 0 Å². The van der Waals surface area contributed by atoms with Crippen molar-refractivity contribution in [2.45, 2.75) is 77.2 Å². The predicted molar refractivity (Wildman–Crippen MR) is 163 cm³/mol. The molecule has 40 heavy (non-hydrogen) atoms. The van der Waals surface area contributed by atoms with E-state index in [2.05, 4.69) is 83.3 Å². The number of pyridine rings is 1. The van der Waals surface area contributed by atoms with Crippen LogP contribution in [0.25, 0.3) is 0 Å². The molecule has 0 spiro atoms. The Labute approximate surface area is 240 Å². The molecule has 1 fully saturated rings. The van der Waals surface area contributed by atoms with Crippen molar-refractivity contribution in [1.29, 1.82) is 0 Å². The van der Waals surface area contributed by atoms with Crippen LogP contribution in [0.5, 0.6) is 0 Å². The molecule has 3 amide bonds. The molecule has 0 saturated carbocycles. The quantitative estimate of drug-likeness (QED) is 0.179. The van der Waals surface area contributed by atoms with Crippen molar-refractivity contribution >= 4 is 17.7 Å². The molecule has 7 nitrogen and oxygen atoms in total. The maximum absolute atomic E-state index is 12.7. The predicted octanol–water partition coefficient (Wildman–Crippen LogP) is 5.84. The number of nitrogens with zero attached hydrogens (tertiary/aromatic N) is 2. The third-order valence-electron chi connectivity index (χ3n) is 6.43. The fourth-order valence-electron chi connectivity index (χ4n) is 4.30. The van der Waals surface area contributed by atoms with Crippen LogP contribution in [-0.2, 0) is 9.59 Å². The van der Waals surface area contributed by atoms with Gasteiger partial charge in [0, 0.05) is 38.4 Å². The summed E-state index contributed by atoms with van der Waals surface area (Å²) >= 11 is 0. The average molecular weight is 547 g/mol. The van der Waals surface area contributed by atoms with Crippen LogP contribution in [0.15, 0.2) is 85.3 Å². The minimum Gasteiger partial charge on any atom is -0.353 e. The maximum atomic E-state index is 12.7. The summed E-state index contributed by atoms with van der Waals surface area (Å²) in [5.41, 5.74) is 0.478. The molecular formula is C33H46N4O3. The van der Waals surface area contributed by atoms with Gasteiger partial charge >= 0.3 is 0 Å². The first-order chi connectivity index (χ1) is 19.6. The van der Waals surface area contributed by atoms with E-state index in [1.165, 1.54) is 6.20 Å². The van der Waals surface area contributed by atoms with Crippen LogP contribution < -0.4 is 10.6 Å². The normalized spacial score (nSPS) is 15.8. The second-order valence-corrected chi connectivity index (χ2v) is 9.63. The Hall–Kier alpha value is -3.74. The van der Waals surface area contributed by atoms with E-state index in [0.29, 0.717) is 38.0 Å². The van der Waals surface area contributed by atoms with Gasteiger partial charge in [-0.05, 0) is 69.9 Å². The fraction of sp³-hybridized carbons (Fsp3) is 0.455. The maximum Gasteiger partial charge on any atom is 0.252 e. The molecule has 2 rings (SSSR count). The summed E-state index contributed by atoms with van der Waals surface area (Å²) in [5.74, 6) is -0.346. The van der Waals surface area contributed by atoms with Crippen LogP contribution in [0.2, 0.25) is 0 Å². The number of hydrogen-bond donors (Lipinski definition) is 2. The average Bonchev–Trinajstić information content (AvgIpc) is 3.47. The number of carbonyl (C=O) groups excluding carboxylic acids is 3. The zero-order valence-corrected chi connectivity index (χ0v) is 24.0. The number of hydrogen-bond acceptors (Lipinski definition) is 4. The number of unbranched alkanes of at least 4 members (excludes halogenated alkanes) is 1. The molecule has 1 saturated heterocycles. The molecule has 0 aromatic carbocycles. The topological polar surface area (TPSA) is 91.4 Å². The number of aromatic nitrogens is 1. The number of rotatable bonds is 18. The highest BCUT2D eigenvalue weighted by atomic mass is 16.2. The van der Waals surface area contributed by atoms with E-state index in [1.54, 1.807) is 23.2 Å². The van der Waals surface area contributed by atoms with Gasteiger partial charge in [-0.1, -0.05) is 67.7 Å². The third-order valence-corrected chi connectivity index (χ3v) is 6.43. The molecule has 1 aromatic rings. The van der Waals surface area contributed by atoms with Gasteiger partial charge in [0.2, 0.25) is 11.8 Å². The third kappa shape index (κ3) is 13.9. The summed E-state index contributed by atoms with van der Waals surface area (Å²) in [4.78, 5) is 43.1. The monoisotopic (exact) mass is 546 g/mol. The SMILES string of the molecule is CCC=CCC=CCC=CCC=CCC=CCCCC(=O)N1CCCC1C(=O)NCCNC(=O)c1cccnc1. The molecule has 0 radical (unpaired) electrons. The molecule has 1 aliphatic rings. The van der Waals surface area contributed by atoms with E-state index in [0.717, 1.165) is 51.4 Å². The van der Waals surface area contributed by atoms with Crippen molar-refractivity contribution in [3.8, 4) is 0 Å². The standard InChI is InChI=1S/C33H46N4O3/c1-2-3-4-5-6-7-8-9-10-11-12-13-14-15-16-17-18-23-31(38)37-27-20-22-30(37)33(40)36-26-25-35-32(39)29-21-19-24-34-28-29/h3-4,6-7,9-10,12-13,15-16,19,21,24,28,30H,2,5,8,11,14,17-18,20,22-23,25-27H2,1H3,(H,35,39)(H,36,40). The molecule has 2 N–H and O–H groups in total.